The van der Waals surface area contributed by atoms with Crippen molar-refractivity contribution in [1.82, 2.24) is 4.98 Å². The zero-order valence-corrected chi connectivity index (χ0v) is 8.69. The standard InChI is InChI=1S/C12H16N2O/c13-11-10(5-4-8-14-11)9-12(15)6-2-1-3-7-12/h2,4-6,8,15H,1,3,7,9H2,(H2,13,14). The second kappa shape index (κ2) is 4.03. The average molecular weight is 204 g/mol. The van der Waals surface area contributed by atoms with Gasteiger partial charge in [-0.1, -0.05) is 18.2 Å². The predicted octanol–water partition coefficient (Wildman–Crippen LogP) is 1.68. The molecule has 0 saturated heterocycles. The van der Waals surface area contributed by atoms with E-state index in [4.69, 9.17) is 5.73 Å². The van der Waals surface area contributed by atoms with E-state index in [9.17, 15) is 5.11 Å². The van der Waals surface area contributed by atoms with Crippen molar-refractivity contribution in [2.24, 2.45) is 0 Å². The third kappa shape index (κ3) is 2.36. The number of nitrogens with zero attached hydrogens (tertiary/aromatic N) is 1. The van der Waals surface area contributed by atoms with Gasteiger partial charge in [-0.2, -0.15) is 0 Å². The third-order valence-corrected chi connectivity index (χ3v) is 2.83. The molecule has 15 heavy (non-hydrogen) atoms. The average Bonchev–Trinajstić information content (AvgIpc) is 2.22. The molecule has 0 aliphatic heterocycles. The molecule has 0 amide bonds. The summed E-state index contributed by atoms with van der Waals surface area (Å²) in [6.45, 7) is 0. The first-order valence-electron chi connectivity index (χ1n) is 5.29. The number of rotatable bonds is 2. The molecule has 2 rings (SSSR count). The number of pyridine rings is 1. The molecule has 80 valence electrons. The minimum Gasteiger partial charge on any atom is -0.385 e. The lowest BCUT2D eigenvalue weighted by Crippen LogP contribution is -2.30. The second-order valence-electron chi connectivity index (χ2n) is 4.12. The number of hydrogen-bond donors (Lipinski definition) is 2. The van der Waals surface area contributed by atoms with Crippen molar-refractivity contribution in [3.05, 3.63) is 36.0 Å². The van der Waals surface area contributed by atoms with Gasteiger partial charge in [0.15, 0.2) is 0 Å². The molecule has 3 nitrogen and oxygen atoms in total. The second-order valence-corrected chi connectivity index (χ2v) is 4.12. The zero-order chi connectivity index (χ0) is 10.7. The molecule has 1 heterocycles. The van der Waals surface area contributed by atoms with Gasteiger partial charge in [0.1, 0.15) is 5.82 Å². The van der Waals surface area contributed by atoms with Gasteiger partial charge in [-0.3, -0.25) is 0 Å². The van der Waals surface area contributed by atoms with Gasteiger partial charge in [0.05, 0.1) is 5.60 Å². The van der Waals surface area contributed by atoms with Gasteiger partial charge in [0, 0.05) is 12.6 Å². The van der Waals surface area contributed by atoms with Crippen molar-refractivity contribution >= 4 is 5.82 Å². The minimum absolute atomic E-state index is 0.518. The number of nitrogen functional groups attached to an aromatic ring is 1. The number of nitrogens with two attached hydrogens (primary N) is 1. The summed E-state index contributed by atoms with van der Waals surface area (Å²) in [6.07, 6.45) is 9.05. The third-order valence-electron chi connectivity index (χ3n) is 2.83. The molecule has 1 aliphatic rings. The maximum atomic E-state index is 10.3. The van der Waals surface area contributed by atoms with Crippen LogP contribution in [0.1, 0.15) is 24.8 Å². The van der Waals surface area contributed by atoms with E-state index in [1.165, 1.54) is 0 Å². The fourth-order valence-electron chi connectivity index (χ4n) is 1.99. The molecule has 1 unspecified atom stereocenters. The molecule has 0 fully saturated rings. The van der Waals surface area contributed by atoms with E-state index in [0.29, 0.717) is 12.2 Å². The van der Waals surface area contributed by atoms with Gasteiger partial charge in [-0.05, 0) is 30.9 Å². The Morgan fingerprint density at radius 3 is 3.07 bits per heavy atom. The predicted molar refractivity (Wildman–Crippen MR) is 60.3 cm³/mol. The Morgan fingerprint density at radius 1 is 1.53 bits per heavy atom. The molecule has 0 bridgehead atoms. The first kappa shape index (κ1) is 10.2. The van der Waals surface area contributed by atoms with Gasteiger partial charge in [-0.25, -0.2) is 4.98 Å². The van der Waals surface area contributed by atoms with Gasteiger partial charge < -0.3 is 10.8 Å². The molecule has 1 atom stereocenters. The Bertz CT molecular complexity index is 376. The largest absolute Gasteiger partial charge is 0.385 e. The Morgan fingerprint density at radius 2 is 2.40 bits per heavy atom. The first-order chi connectivity index (χ1) is 7.20. The van der Waals surface area contributed by atoms with Gasteiger partial charge in [-0.15, -0.1) is 0 Å². The molecule has 3 heteroatoms. The van der Waals surface area contributed by atoms with Crippen molar-refractivity contribution in [3.63, 3.8) is 0 Å². The van der Waals surface area contributed by atoms with Gasteiger partial charge in [0.25, 0.3) is 0 Å². The normalized spacial score (nSPS) is 25.4. The first-order valence-corrected chi connectivity index (χ1v) is 5.29. The van der Waals surface area contributed by atoms with Crippen LogP contribution < -0.4 is 5.73 Å². The number of allylic oxidation sites excluding steroid dienone is 1. The topological polar surface area (TPSA) is 59.1 Å². The van der Waals surface area contributed by atoms with Crippen LogP contribution in [0.25, 0.3) is 0 Å². The summed E-state index contributed by atoms with van der Waals surface area (Å²) in [4.78, 5) is 4.02. The van der Waals surface area contributed by atoms with Crippen LogP contribution in [0.15, 0.2) is 30.5 Å². The van der Waals surface area contributed by atoms with E-state index >= 15 is 0 Å². The zero-order valence-electron chi connectivity index (χ0n) is 8.69. The van der Waals surface area contributed by atoms with Crippen LogP contribution in [-0.4, -0.2) is 15.7 Å². The molecule has 1 aromatic heterocycles. The molecule has 3 N–H and O–H groups in total. The highest BCUT2D eigenvalue weighted by Crippen LogP contribution is 2.27. The van der Waals surface area contributed by atoms with Crippen molar-refractivity contribution in [2.45, 2.75) is 31.3 Å². The molecule has 0 spiro atoms. The fourth-order valence-corrected chi connectivity index (χ4v) is 1.99. The van der Waals surface area contributed by atoms with Crippen LogP contribution >= 0.6 is 0 Å². The Balaban J connectivity index is 2.17. The van der Waals surface area contributed by atoms with Gasteiger partial charge >= 0.3 is 0 Å². The maximum Gasteiger partial charge on any atom is 0.126 e. The quantitative estimate of drug-likeness (QED) is 0.720. The smallest absolute Gasteiger partial charge is 0.126 e. The highest BCUT2D eigenvalue weighted by atomic mass is 16.3. The van der Waals surface area contributed by atoms with Crippen LogP contribution in [0.2, 0.25) is 0 Å². The van der Waals surface area contributed by atoms with Crippen LogP contribution in [0.3, 0.4) is 0 Å². The van der Waals surface area contributed by atoms with Crippen LogP contribution in [0.5, 0.6) is 0 Å². The monoisotopic (exact) mass is 204 g/mol. The minimum atomic E-state index is -0.727. The van der Waals surface area contributed by atoms with E-state index < -0.39 is 5.60 Å². The van der Waals surface area contributed by atoms with Crippen LogP contribution in [0, 0.1) is 0 Å². The van der Waals surface area contributed by atoms with E-state index in [0.717, 1.165) is 24.8 Å². The summed E-state index contributed by atoms with van der Waals surface area (Å²) in [5, 5.41) is 10.3. The molecule has 1 aromatic rings. The molecular formula is C12H16N2O. The summed E-state index contributed by atoms with van der Waals surface area (Å²) in [6, 6.07) is 3.77. The SMILES string of the molecule is Nc1ncccc1CC1(O)C=CCCC1. The van der Waals surface area contributed by atoms with Crippen LogP contribution in [0.4, 0.5) is 5.82 Å². The number of aliphatic hydroxyl groups is 1. The summed E-state index contributed by atoms with van der Waals surface area (Å²) in [5.74, 6) is 0.518. The van der Waals surface area contributed by atoms with Gasteiger partial charge in [0.2, 0.25) is 0 Å². The molecule has 0 saturated carbocycles. The number of hydrogen-bond acceptors (Lipinski definition) is 3. The highest BCUT2D eigenvalue weighted by Gasteiger charge is 2.26. The Hall–Kier alpha value is -1.35. The molecule has 0 aromatic carbocycles. The van der Waals surface area contributed by atoms with E-state index in [-0.39, 0.29) is 0 Å². The van der Waals surface area contributed by atoms with E-state index in [1.54, 1.807) is 6.20 Å². The molecule has 0 radical (unpaired) electrons. The van der Waals surface area contributed by atoms with Crippen molar-refractivity contribution in [2.75, 3.05) is 5.73 Å². The molecular weight excluding hydrogens is 188 g/mol. The summed E-state index contributed by atoms with van der Waals surface area (Å²) in [7, 11) is 0. The van der Waals surface area contributed by atoms with Crippen molar-refractivity contribution in [3.8, 4) is 0 Å². The summed E-state index contributed by atoms with van der Waals surface area (Å²) < 4.78 is 0. The lowest BCUT2D eigenvalue weighted by atomic mass is 9.86. The lowest BCUT2D eigenvalue weighted by molar-refractivity contribution is 0.0752. The Kier molecular flexibility index (Phi) is 2.73. The molecule has 1 aliphatic carbocycles. The highest BCUT2D eigenvalue weighted by molar-refractivity contribution is 5.40. The maximum absolute atomic E-state index is 10.3. The number of aromatic nitrogens is 1. The van der Waals surface area contributed by atoms with Crippen molar-refractivity contribution in [1.29, 1.82) is 0 Å². The van der Waals surface area contributed by atoms with Crippen LogP contribution in [-0.2, 0) is 6.42 Å². The van der Waals surface area contributed by atoms with Crippen molar-refractivity contribution < 1.29 is 5.11 Å². The fraction of sp³-hybridized carbons (Fsp3) is 0.417. The Labute approximate surface area is 89.6 Å². The number of anilines is 1. The lowest BCUT2D eigenvalue weighted by Gasteiger charge is -2.27. The summed E-state index contributed by atoms with van der Waals surface area (Å²) >= 11 is 0. The van der Waals surface area contributed by atoms with E-state index in [2.05, 4.69) is 4.98 Å². The van der Waals surface area contributed by atoms with E-state index in [1.807, 2.05) is 24.3 Å². The summed E-state index contributed by atoms with van der Waals surface area (Å²) in [5.41, 5.74) is 5.95.